The molecule has 0 spiro atoms. The van der Waals surface area contributed by atoms with Crippen molar-refractivity contribution in [3.8, 4) is 0 Å². The minimum Gasteiger partial charge on any atom is -0.444 e. The Morgan fingerprint density at radius 2 is 2.23 bits per heavy atom. The molecule has 22 heavy (non-hydrogen) atoms. The first-order valence-corrected chi connectivity index (χ1v) is 7.78. The molecule has 0 bridgehead atoms. The van der Waals surface area contributed by atoms with Crippen molar-refractivity contribution in [1.82, 2.24) is 10.2 Å². The second kappa shape index (κ2) is 6.84. The highest BCUT2D eigenvalue weighted by Gasteiger charge is 2.29. The molecule has 0 unspecified atom stereocenters. The molecule has 6 heteroatoms. The summed E-state index contributed by atoms with van der Waals surface area (Å²) in [6.07, 6.45) is 0.506. The first-order valence-electron chi connectivity index (χ1n) is 7.40. The highest BCUT2D eigenvalue weighted by Crippen LogP contribution is 2.20. The Kier molecular flexibility index (Phi) is 5.29. The molecule has 0 aliphatic carbocycles. The van der Waals surface area contributed by atoms with Crippen molar-refractivity contribution in [3.63, 3.8) is 0 Å². The zero-order valence-electron chi connectivity index (χ0n) is 13.2. The van der Waals surface area contributed by atoms with Crippen LogP contribution in [0.1, 0.15) is 32.8 Å². The number of rotatable bonds is 3. The van der Waals surface area contributed by atoms with Gasteiger partial charge in [-0.2, -0.15) is 0 Å². The number of benzene rings is 1. The lowest BCUT2D eigenvalue weighted by atomic mass is 10.2. The van der Waals surface area contributed by atoms with Crippen LogP contribution in [0.25, 0.3) is 0 Å². The smallest absolute Gasteiger partial charge is 0.410 e. The molecule has 1 aliphatic heterocycles. The molecule has 1 atom stereocenters. The summed E-state index contributed by atoms with van der Waals surface area (Å²) in [5.74, 6) is -0.318. The van der Waals surface area contributed by atoms with Gasteiger partial charge in [0.1, 0.15) is 11.4 Å². The second-order valence-corrected chi connectivity index (χ2v) is 6.90. The molecule has 0 saturated carbocycles. The standard InChI is InChI=1S/C16H22ClFN2O2/c1-16(2,3)22-15(21)20-8-7-11(10-20)19-9-12-13(17)5-4-6-14(12)18/h4-6,11,19H,7-10H2,1-3H3/t11-/m0/s1. The average Bonchev–Trinajstić information content (AvgIpc) is 2.85. The van der Waals surface area contributed by atoms with E-state index in [9.17, 15) is 9.18 Å². The van der Waals surface area contributed by atoms with Gasteiger partial charge in [-0.1, -0.05) is 17.7 Å². The minimum atomic E-state index is -0.497. The number of carbonyl (C=O) groups is 1. The van der Waals surface area contributed by atoms with Gasteiger partial charge in [0.05, 0.1) is 0 Å². The zero-order valence-corrected chi connectivity index (χ0v) is 13.9. The van der Waals surface area contributed by atoms with E-state index in [-0.39, 0.29) is 18.0 Å². The Balaban J connectivity index is 1.85. The molecule has 122 valence electrons. The summed E-state index contributed by atoms with van der Waals surface area (Å²) in [5.41, 5.74) is -0.0385. The molecule has 1 aliphatic rings. The van der Waals surface area contributed by atoms with Crippen LogP contribution in [0, 0.1) is 5.82 Å². The monoisotopic (exact) mass is 328 g/mol. The summed E-state index contributed by atoms with van der Waals surface area (Å²) in [7, 11) is 0. The third-order valence-electron chi connectivity index (χ3n) is 3.47. The summed E-state index contributed by atoms with van der Waals surface area (Å²) < 4.78 is 19.1. The van der Waals surface area contributed by atoms with Crippen LogP contribution in [0.3, 0.4) is 0 Å². The SMILES string of the molecule is CC(C)(C)OC(=O)N1CC[C@H](NCc2c(F)cccc2Cl)C1. The fourth-order valence-corrected chi connectivity index (χ4v) is 2.60. The van der Waals surface area contributed by atoms with Gasteiger partial charge in [0.15, 0.2) is 0 Å². The van der Waals surface area contributed by atoms with E-state index in [1.165, 1.54) is 6.07 Å². The third kappa shape index (κ3) is 4.58. The topological polar surface area (TPSA) is 41.6 Å². The second-order valence-electron chi connectivity index (χ2n) is 6.49. The van der Waals surface area contributed by atoms with Crippen LogP contribution >= 0.6 is 11.6 Å². The van der Waals surface area contributed by atoms with Gasteiger partial charge in [-0.15, -0.1) is 0 Å². The largest absolute Gasteiger partial charge is 0.444 e. The van der Waals surface area contributed by atoms with Crippen LogP contribution in [-0.4, -0.2) is 35.7 Å². The van der Waals surface area contributed by atoms with Crippen LogP contribution in [0.15, 0.2) is 18.2 Å². The molecule has 0 radical (unpaired) electrons. The quantitative estimate of drug-likeness (QED) is 0.922. The molecule has 4 nitrogen and oxygen atoms in total. The molecule has 1 aromatic carbocycles. The van der Waals surface area contributed by atoms with Gasteiger partial charge in [-0.3, -0.25) is 0 Å². The van der Waals surface area contributed by atoms with Crippen molar-refractivity contribution < 1.29 is 13.9 Å². The van der Waals surface area contributed by atoms with Crippen LogP contribution in [-0.2, 0) is 11.3 Å². The number of ether oxygens (including phenoxy) is 1. The summed E-state index contributed by atoms with van der Waals surface area (Å²) in [6, 6.07) is 4.76. The van der Waals surface area contributed by atoms with Crippen molar-refractivity contribution in [3.05, 3.63) is 34.6 Å². The van der Waals surface area contributed by atoms with E-state index in [0.717, 1.165) is 6.42 Å². The number of hydrogen-bond acceptors (Lipinski definition) is 3. The molecule has 1 fully saturated rings. The number of halogens is 2. The molecule has 1 saturated heterocycles. The molecule has 2 rings (SSSR count). The van der Waals surface area contributed by atoms with Crippen molar-refractivity contribution in [1.29, 1.82) is 0 Å². The Morgan fingerprint density at radius 1 is 1.50 bits per heavy atom. The van der Waals surface area contributed by atoms with Crippen molar-refractivity contribution in [2.45, 2.75) is 45.4 Å². The summed E-state index contributed by atoms with van der Waals surface area (Å²) in [5, 5.41) is 3.66. The number of nitrogens with one attached hydrogen (secondary N) is 1. The van der Waals surface area contributed by atoms with Gasteiger partial charge >= 0.3 is 6.09 Å². The Bertz CT molecular complexity index is 525. The van der Waals surface area contributed by atoms with Crippen LogP contribution in [0.2, 0.25) is 5.02 Å². The summed E-state index contributed by atoms with van der Waals surface area (Å²) in [4.78, 5) is 13.7. The molecule has 0 aromatic heterocycles. The van der Waals surface area contributed by atoms with Gasteiger partial charge in [0.25, 0.3) is 0 Å². The predicted molar refractivity (Wildman–Crippen MR) is 84.5 cm³/mol. The molecular weight excluding hydrogens is 307 g/mol. The third-order valence-corrected chi connectivity index (χ3v) is 3.82. The van der Waals surface area contributed by atoms with E-state index in [4.69, 9.17) is 16.3 Å². The Morgan fingerprint density at radius 3 is 2.86 bits per heavy atom. The van der Waals surface area contributed by atoms with Crippen molar-refractivity contribution in [2.24, 2.45) is 0 Å². The molecular formula is C16H22ClFN2O2. The lowest BCUT2D eigenvalue weighted by molar-refractivity contribution is 0.0291. The van der Waals surface area contributed by atoms with Crippen LogP contribution < -0.4 is 5.32 Å². The zero-order chi connectivity index (χ0) is 16.3. The Labute approximate surface area is 135 Å². The predicted octanol–water partition coefficient (Wildman–Crippen LogP) is 3.58. The fourth-order valence-electron chi connectivity index (χ4n) is 2.37. The number of nitrogens with zero attached hydrogens (tertiary/aromatic N) is 1. The number of likely N-dealkylation sites (tertiary alicyclic amines) is 1. The highest BCUT2D eigenvalue weighted by atomic mass is 35.5. The van der Waals surface area contributed by atoms with E-state index in [2.05, 4.69) is 5.32 Å². The maximum Gasteiger partial charge on any atom is 0.410 e. The lowest BCUT2D eigenvalue weighted by Crippen LogP contribution is -2.38. The van der Waals surface area contributed by atoms with Gasteiger partial charge in [0, 0.05) is 36.3 Å². The highest BCUT2D eigenvalue weighted by molar-refractivity contribution is 6.31. The van der Waals surface area contributed by atoms with Gasteiger partial charge in [-0.05, 0) is 39.3 Å². The molecule has 1 N–H and O–H groups in total. The van der Waals surface area contributed by atoms with E-state index in [0.29, 0.717) is 30.2 Å². The fraction of sp³-hybridized carbons (Fsp3) is 0.562. The Hall–Kier alpha value is -1.33. The van der Waals surface area contributed by atoms with E-state index < -0.39 is 5.60 Å². The van der Waals surface area contributed by atoms with Gasteiger partial charge in [-0.25, -0.2) is 9.18 Å². The summed E-state index contributed by atoms with van der Waals surface area (Å²) in [6.45, 7) is 7.07. The number of amides is 1. The first-order chi connectivity index (χ1) is 10.3. The minimum absolute atomic E-state index is 0.114. The van der Waals surface area contributed by atoms with E-state index >= 15 is 0 Å². The maximum atomic E-state index is 13.7. The number of hydrogen-bond donors (Lipinski definition) is 1. The van der Waals surface area contributed by atoms with Crippen molar-refractivity contribution in [2.75, 3.05) is 13.1 Å². The van der Waals surface area contributed by atoms with E-state index in [1.54, 1.807) is 17.0 Å². The molecule has 1 aromatic rings. The van der Waals surface area contributed by atoms with Crippen LogP contribution in [0.4, 0.5) is 9.18 Å². The first kappa shape index (κ1) is 17.0. The summed E-state index contributed by atoms with van der Waals surface area (Å²) >= 11 is 6.00. The lowest BCUT2D eigenvalue weighted by Gasteiger charge is -2.24. The van der Waals surface area contributed by atoms with Crippen molar-refractivity contribution >= 4 is 17.7 Å². The maximum absolute atomic E-state index is 13.7. The average molecular weight is 329 g/mol. The molecule has 1 amide bonds. The van der Waals surface area contributed by atoms with E-state index in [1.807, 2.05) is 20.8 Å². The normalized spacial score (nSPS) is 18.6. The molecule has 1 heterocycles. The van der Waals surface area contributed by atoms with Crippen LogP contribution in [0.5, 0.6) is 0 Å². The van der Waals surface area contributed by atoms with Gasteiger partial charge < -0.3 is 15.0 Å². The number of carbonyl (C=O) groups excluding carboxylic acids is 1. The van der Waals surface area contributed by atoms with Gasteiger partial charge in [0.2, 0.25) is 0 Å².